The van der Waals surface area contributed by atoms with E-state index in [-0.39, 0.29) is 0 Å². The number of rotatable bonds is 1. The van der Waals surface area contributed by atoms with Gasteiger partial charge in [0.2, 0.25) is 0 Å². The van der Waals surface area contributed by atoms with Gasteiger partial charge in [-0.3, -0.25) is 0 Å². The van der Waals surface area contributed by atoms with E-state index >= 15 is 0 Å². The zero-order valence-corrected chi connectivity index (χ0v) is 4.09. The zero-order chi connectivity index (χ0) is 5.11. The van der Waals surface area contributed by atoms with Crippen LogP contribution < -0.4 is 5.73 Å². The molecule has 0 unspecified atom stereocenters. The Bertz CT molecular complexity index is 115. The smallest absolute Gasteiger partial charge is 0.177 e. The molecule has 0 spiro atoms. The summed E-state index contributed by atoms with van der Waals surface area (Å²) in [6, 6.07) is 0. The Morgan fingerprint density at radius 2 is 2.57 bits per heavy atom. The Balaban J connectivity index is 2.45. The summed E-state index contributed by atoms with van der Waals surface area (Å²) >= 11 is 0. The van der Waals surface area contributed by atoms with Crippen LogP contribution >= 0.6 is 0 Å². The number of hydrogen-bond acceptors (Lipinski definition) is 1. The maximum atomic E-state index is 5.29. The quantitative estimate of drug-likeness (QED) is 0.454. The van der Waals surface area contributed by atoms with E-state index in [4.69, 9.17) is 5.73 Å². The highest BCUT2D eigenvalue weighted by Gasteiger charge is 1.94. The van der Waals surface area contributed by atoms with Crippen molar-refractivity contribution in [1.82, 2.24) is 0 Å². The van der Waals surface area contributed by atoms with Gasteiger partial charge in [-0.05, 0) is 0 Å². The molecule has 0 bridgehead atoms. The van der Waals surface area contributed by atoms with Crippen LogP contribution in [0.1, 0.15) is 0 Å². The molecule has 7 heavy (non-hydrogen) atoms. The first kappa shape index (κ1) is 4.66. The minimum absolute atomic E-state index is 0.660. The second kappa shape index (κ2) is 1.98. The number of nitrogens with two attached hydrogens (primary N) is 1. The van der Waals surface area contributed by atoms with Gasteiger partial charge in [0, 0.05) is 6.54 Å². The van der Waals surface area contributed by atoms with Gasteiger partial charge in [-0.15, -0.1) is 5.98 Å². The topological polar surface area (TPSA) is 26.0 Å². The summed E-state index contributed by atoms with van der Waals surface area (Å²) in [5.74, 6) is 1.99. The first-order valence-electron chi connectivity index (χ1n) is 2.34. The number of hydrogen-bond donors (Lipinski definition) is 1. The van der Waals surface area contributed by atoms with Crippen molar-refractivity contribution >= 4 is 7.28 Å². The summed E-state index contributed by atoms with van der Waals surface area (Å²) in [5.41, 5.74) is 6.50. The Hall–Kier alpha value is -0.495. The fourth-order valence-electron chi connectivity index (χ4n) is 0.550. The van der Waals surface area contributed by atoms with Crippen LogP contribution in [0.2, 0.25) is 0 Å². The fourth-order valence-corrected chi connectivity index (χ4v) is 0.550. The lowest BCUT2D eigenvalue weighted by Gasteiger charge is -1.87. The highest BCUT2D eigenvalue weighted by molar-refractivity contribution is 6.52. The van der Waals surface area contributed by atoms with E-state index in [1.807, 2.05) is 25.4 Å². The van der Waals surface area contributed by atoms with Crippen molar-refractivity contribution in [2.75, 3.05) is 6.54 Å². The van der Waals surface area contributed by atoms with Crippen molar-refractivity contribution < 1.29 is 0 Å². The van der Waals surface area contributed by atoms with E-state index in [9.17, 15) is 0 Å². The predicted molar refractivity (Wildman–Crippen MR) is 32.0 cm³/mol. The summed E-state index contributed by atoms with van der Waals surface area (Å²) in [5, 5.41) is 0. The number of allylic oxidation sites excluding steroid dienone is 2. The first-order chi connectivity index (χ1) is 3.43. The Morgan fingerprint density at radius 3 is 2.86 bits per heavy atom. The third-order valence-corrected chi connectivity index (χ3v) is 0.967. The first-order valence-corrected chi connectivity index (χ1v) is 2.34. The summed E-state index contributed by atoms with van der Waals surface area (Å²) in [6.45, 7) is 0.660. The van der Waals surface area contributed by atoms with Gasteiger partial charge in [0.05, 0.1) is 0 Å². The molecule has 1 rings (SSSR count). The lowest BCUT2D eigenvalue weighted by molar-refractivity contribution is 1.23. The van der Waals surface area contributed by atoms with Crippen molar-refractivity contribution in [2.24, 2.45) is 5.73 Å². The van der Waals surface area contributed by atoms with E-state index < -0.39 is 0 Å². The van der Waals surface area contributed by atoms with Crippen LogP contribution in [0, 0.1) is 0 Å². The third-order valence-electron chi connectivity index (χ3n) is 0.967. The van der Waals surface area contributed by atoms with Crippen LogP contribution in [0.5, 0.6) is 0 Å². The normalized spacial score (nSPS) is 16.4. The van der Waals surface area contributed by atoms with Gasteiger partial charge in [0.25, 0.3) is 0 Å². The van der Waals surface area contributed by atoms with Crippen LogP contribution in [0.4, 0.5) is 0 Å². The second-order valence-corrected chi connectivity index (χ2v) is 1.50. The molecule has 0 atom stereocenters. The van der Waals surface area contributed by atoms with E-state index in [0.717, 1.165) is 0 Å². The Morgan fingerprint density at radius 1 is 1.71 bits per heavy atom. The van der Waals surface area contributed by atoms with Crippen LogP contribution in [0.25, 0.3) is 0 Å². The third kappa shape index (κ3) is 0.935. The van der Waals surface area contributed by atoms with Crippen LogP contribution in [0.15, 0.2) is 23.6 Å². The van der Waals surface area contributed by atoms with Gasteiger partial charge in [0.15, 0.2) is 7.28 Å². The van der Waals surface area contributed by atoms with E-state index in [1.54, 1.807) is 0 Å². The summed E-state index contributed by atoms with van der Waals surface area (Å²) in [4.78, 5) is 0. The Kier molecular flexibility index (Phi) is 1.32. The molecule has 1 nitrogen and oxygen atoms in total. The lowest BCUT2D eigenvalue weighted by Crippen LogP contribution is -2.05. The van der Waals surface area contributed by atoms with Gasteiger partial charge >= 0.3 is 0 Å². The highest BCUT2D eigenvalue weighted by Crippen LogP contribution is 1.96. The van der Waals surface area contributed by atoms with Gasteiger partial charge in [0.1, 0.15) is 0 Å². The molecule has 0 aliphatic carbocycles. The van der Waals surface area contributed by atoms with Crippen LogP contribution in [0.3, 0.4) is 0 Å². The molecule has 0 aromatic carbocycles. The maximum absolute atomic E-state index is 5.29. The molecule has 35 valence electrons. The van der Waals surface area contributed by atoms with Crippen LogP contribution in [-0.2, 0) is 0 Å². The van der Waals surface area contributed by atoms with Gasteiger partial charge < -0.3 is 5.73 Å². The standard InChI is InChI=1S/C5H7BN/c7-4-5-2-1-3-6-5/h1-3H,4,7H2. The van der Waals surface area contributed by atoms with Gasteiger partial charge in [-0.25, -0.2) is 0 Å². The van der Waals surface area contributed by atoms with Crippen molar-refractivity contribution in [3.63, 3.8) is 0 Å². The summed E-state index contributed by atoms with van der Waals surface area (Å²) in [6.07, 6.45) is 4.00. The van der Waals surface area contributed by atoms with Crippen molar-refractivity contribution in [3.8, 4) is 0 Å². The molecule has 0 saturated carbocycles. The molecule has 1 aliphatic rings. The second-order valence-electron chi connectivity index (χ2n) is 1.50. The van der Waals surface area contributed by atoms with Crippen molar-refractivity contribution in [3.05, 3.63) is 23.6 Å². The van der Waals surface area contributed by atoms with E-state index in [0.29, 0.717) is 6.54 Å². The molecule has 0 saturated heterocycles. The van der Waals surface area contributed by atoms with Crippen molar-refractivity contribution in [1.29, 1.82) is 0 Å². The molecular formula is C5H7BN. The monoisotopic (exact) mass is 92.1 g/mol. The Labute approximate surface area is 44.1 Å². The maximum Gasteiger partial charge on any atom is 0.177 e. The molecule has 0 aromatic rings. The van der Waals surface area contributed by atoms with Crippen molar-refractivity contribution in [2.45, 2.75) is 0 Å². The van der Waals surface area contributed by atoms with E-state index in [1.165, 1.54) is 5.47 Å². The summed E-state index contributed by atoms with van der Waals surface area (Å²) < 4.78 is 0. The van der Waals surface area contributed by atoms with Gasteiger partial charge in [-0.1, -0.05) is 17.6 Å². The lowest BCUT2D eigenvalue weighted by atomic mass is 9.73. The average Bonchev–Trinajstić information content (AvgIpc) is 2.14. The molecule has 1 heterocycles. The molecular weight excluding hydrogens is 84.9 g/mol. The van der Waals surface area contributed by atoms with E-state index in [2.05, 4.69) is 0 Å². The molecule has 1 radical (unpaired) electrons. The molecule has 0 amide bonds. The van der Waals surface area contributed by atoms with Gasteiger partial charge in [-0.2, -0.15) is 0 Å². The minimum Gasteiger partial charge on any atom is -0.328 e. The molecule has 0 aromatic heterocycles. The molecule has 1 aliphatic heterocycles. The molecule has 2 N–H and O–H groups in total. The largest absolute Gasteiger partial charge is 0.328 e. The van der Waals surface area contributed by atoms with Crippen LogP contribution in [-0.4, -0.2) is 13.8 Å². The molecule has 2 heteroatoms. The zero-order valence-electron chi connectivity index (χ0n) is 4.09. The average molecular weight is 91.9 g/mol. The molecule has 0 fully saturated rings. The predicted octanol–water partition coefficient (Wildman–Crippen LogP) is 0.0605. The minimum atomic E-state index is 0.660. The summed E-state index contributed by atoms with van der Waals surface area (Å²) in [7, 11) is 2.01. The highest BCUT2D eigenvalue weighted by atomic mass is 14.5. The fraction of sp³-hybridized carbons (Fsp3) is 0.200. The SMILES string of the molecule is NCC1=CC=C[B]1.